The van der Waals surface area contributed by atoms with Gasteiger partial charge in [0.1, 0.15) is 0 Å². The first-order valence-corrected chi connectivity index (χ1v) is 10.8. The number of nitrogens with zero attached hydrogens (tertiary/aromatic N) is 1. The quantitative estimate of drug-likeness (QED) is 0.597. The molecule has 28 heavy (non-hydrogen) atoms. The van der Waals surface area contributed by atoms with E-state index in [1.54, 1.807) is 16.7 Å². The van der Waals surface area contributed by atoms with Gasteiger partial charge in [0.15, 0.2) is 0 Å². The first-order valence-electron chi connectivity index (χ1n) is 10.8. The lowest BCUT2D eigenvalue weighted by molar-refractivity contribution is 0.0526. The van der Waals surface area contributed by atoms with Crippen LogP contribution in [0, 0.1) is 0 Å². The molecule has 0 heterocycles. The number of rotatable bonds is 4. The van der Waals surface area contributed by atoms with E-state index in [9.17, 15) is 4.79 Å². The number of carbonyl (C=O) groups excluding carboxylic acids is 1. The van der Waals surface area contributed by atoms with Crippen LogP contribution < -0.4 is 4.90 Å². The molecule has 0 aliphatic heterocycles. The molecule has 0 N–H and O–H groups in total. The fourth-order valence-electron chi connectivity index (χ4n) is 4.92. The third-order valence-electron chi connectivity index (χ3n) is 6.39. The van der Waals surface area contributed by atoms with Gasteiger partial charge in [-0.15, -0.1) is 0 Å². The molecule has 0 bridgehead atoms. The lowest BCUT2D eigenvalue weighted by atomic mass is 9.86. The zero-order valence-corrected chi connectivity index (χ0v) is 17.2. The summed E-state index contributed by atoms with van der Waals surface area (Å²) in [5.41, 5.74) is 7.80. The number of ether oxygens (including phenoxy) is 1. The molecule has 3 heteroatoms. The van der Waals surface area contributed by atoms with Crippen LogP contribution in [0.5, 0.6) is 0 Å². The van der Waals surface area contributed by atoms with E-state index in [1.165, 1.54) is 57.1 Å². The highest BCUT2D eigenvalue weighted by Crippen LogP contribution is 2.41. The second-order valence-electron chi connectivity index (χ2n) is 8.19. The van der Waals surface area contributed by atoms with Crippen LogP contribution in [-0.2, 0) is 17.6 Å². The van der Waals surface area contributed by atoms with Gasteiger partial charge in [0, 0.05) is 18.4 Å². The Morgan fingerprint density at radius 1 is 0.964 bits per heavy atom. The van der Waals surface area contributed by atoms with Crippen molar-refractivity contribution in [3.05, 3.63) is 58.7 Å². The van der Waals surface area contributed by atoms with Crippen molar-refractivity contribution < 1.29 is 9.53 Å². The second kappa shape index (κ2) is 8.38. The van der Waals surface area contributed by atoms with Crippen LogP contribution in [-0.4, -0.2) is 19.6 Å². The Labute approximate surface area is 168 Å². The molecule has 2 aliphatic carbocycles. The monoisotopic (exact) mass is 377 g/mol. The van der Waals surface area contributed by atoms with E-state index in [2.05, 4.69) is 24.1 Å². The van der Waals surface area contributed by atoms with Gasteiger partial charge in [-0.25, -0.2) is 4.79 Å². The molecule has 2 aromatic carbocycles. The Hall–Kier alpha value is -2.29. The van der Waals surface area contributed by atoms with Gasteiger partial charge in [-0.05, 0) is 104 Å². The molecule has 0 aromatic heterocycles. The standard InChI is InChI=1S/C25H31NO2/c1-3-28-25(27)19-12-14-22(15-13-19)26(2)23-16-20-10-6-4-8-18-9-5-7-11-21(17-23)24(18)20/h12-18H,3-11H2,1-2H3. The number of hydrogen-bond donors (Lipinski definition) is 0. The molecular weight excluding hydrogens is 346 g/mol. The van der Waals surface area contributed by atoms with Crippen LogP contribution in [0.25, 0.3) is 0 Å². The van der Waals surface area contributed by atoms with Crippen molar-refractivity contribution in [2.75, 3.05) is 18.6 Å². The zero-order chi connectivity index (χ0) is 19.5. The summed E-state index contributed by atoms with van der Waals surface area (Å²) in [4.78, 5) is 14.2. The van der Waals surface area contributed by atoms with Gasteiger partial charge in [-0.3, -0.25) is 0 Å². The van der Waals surface area contributed by atoms with Crippen LogP contribution in [0.2, 0.25) is 0 Å². The summed E-state index contributed by atoms with van der Waals surface area (Å²) >= 11 is 0. The third-order valence-corrected chi connectivity index (χ3v) is 6.39. The Kier molecular flexibility index (Phi) is 5.70. The molecule has 148 valence electrons. The number of carbonyl (C=O) groups is 1. The maximum absolute atomic E-state index is 11.9. The van der Waals surface area contributed by atoms with Crippen molar-refractivity contribution in [2.24, 2.45) is 0 Å². The lowest BCUT2D eigenvalue weighted by Gasteiger charge is -2.25. The molecule has 4 rings (SSSR count). The summed E-state index contributed by atoms with van der Waals surface area (Å²) in [5.74, 6) is 0.520. The van der Waals surface area contributed by atoms with E-state index >= 15 is 0 Å². The highest BCUT2D eigenvalue weighted by molar-refractivity contribution is 5.90. The van der Waals surface area contributed by atoms with Gasteiger partial charge in [0.05, 0.1) is 12.2 Å². The largest absolute Gasteiger partial charge is 0.462 e. The van der Waals surface area contributed by atoms with Gasteiger partial charge < -0.3 is 9.64 Å². The minimum atomic E-state index is -0.256. The molecule has 2 aromatic rings. The van der Waals surface area contributed by atoms with Crippen LogP contribution in [0.3, 0.4) is 0 Å². The first kappa shape index (κ1) is 19.0. The molecule has 0 atom stereocenters. The van der Waals surface area contributed by atoms with E-state index in [1.807, 2.05) is 31.2 Å². The fraction of sp³-hybridized carbons (Fsp3) is 0.480. The van der Waals surface area contributed by atoms with E-state index in [0.717, 1.165) is 11.6 Å². The van der Waals surface area contributed by atoms with Crippen molar-refractivity contribution >= 4 is 17.3 Å². The zero-order valence-electron chi connectivity index (χ0n) is 17.2. The van der Waals surface area contributed by atoms with Crippen molar-refractivity contribution in [1.82, 2.24) is 0 Å². The third kappa shape index (κ3) is 3.80. The summed E-state index contributed by atoms with van der Waals surface area (Å²) < 4.78 is 5.09. The first-order chi connectivity index (χ1) is 13.7. The summed E-state index contributed by atoms with van der Waals surface area (Å²) in [5, 5.41) is 0. The topological polar surface area (TPSA) is 29.5 Å². The van der Waals surface area contributed by atoms with Crippen LogP contribution in [0.4, 0.5) is 11.4 Å². The van der Waals surface area contributed by atoms with Crippen LogP contribution in [0.1, 0.15) is 78.4 Å². The van der Waals surface area contributed by atoms with E-state index in [0.29, 0.717) is 12.2 Å². The predicted molar refractivity (Wildman–Crippen MR) is 115 cm³/mol. The molecule has 0 fully saturated rings. The Morgan fingerprint density at radius 3 is 2.14 bits per heavy atom. The molecule has 3 nitrogen and oxygen atoms in total. The minimum Gasteiger partial charge on any atom is -0.462 e. The smallest absolute Gasteiger partial charge is 0.338 e. The lowest BCUT2D eigenvalue weighted by Crippen LogP contribution is -2.13. The fourth-order valence-corrected chi connectivity index (χ4v) is 4.92. The van der Waals surface area contributed by atoms with Gasteiger partial charge in [-0.2, -0.15) is 0 Å². The van der Waals surface area contributed by atoms with Gasteiger partial charge >= 0.3 is 5.97 Å². The molecule has 0 unspecified atom stereocenters. The average Bonchev–Trinajstić information content (AvgIpc) is 3.05. The van der Waals surface area contributed by atoms with Crippen molar-refractivity contribution in [3.8, 4) is 0 Å². The number of esters is 1. The average molecular weight is 378 g/mol. The Bertz CT molecular complexity index is 807. The van der Waals surface area contributed by atoms with Crippen molar-refractivity contribution in [2.45, 2.75) is 64.2 Å². The van der Waals surface area contributed by atoms with Crippen LogP contribution in [0.15, 0.2) is 36.4 Å². The molecule has 0 saturated carbocycles. The summed E-state index contributed by atoms with van der Waals surface area (Å²) in [6, 6.07) is 12.6. The minimum absolute atomic E-state index is 0.256. The summed E-state index contributed by atoms with van der Waals surface area (Å²) in [7, 11) is 2.12. The highest BCUT2D eigenvalue weighted by Gasteiger charge is 2.25. The molecule has 0 amide bonds. The SMILES string of the molecule is CCOC(=O)c1ccc(N(C)c2cc3c4c(c2)CCCCC4CCCC3)cc1. The van der Waals surface area contributed by atoms with E-state index in [4.69, 9.17) is 4.74 Å². The van der Waals surface area contributed by atoms with Gasteiger partial charge in [0.25, 0.3) is 0 Å². The Balaban J connectivity index is 1.65. The molecule has 0 radical (unpaired) electrons. The van der Waals surface area contributed by atoms with Crippen LogP contribution >= 0.6 is 0 Å². The maximum atomic E-state index is 11.9. The van der Waals surface area contributed by atoms with E-state index < -0.39 is 0 Å². The number of benzene rings is 2. The summed E-state index contributed by atoms with van der Waals surface area (Å²) in [6.07, 6.45) is 10.5. The van der Waals surface area contributed by atoms with E-state index in [-0.39, 0.29) is 5.97 Å². The second-order valence-corrected chi connectivity index (χ2v) is 8.19. The molecular formula is C25H31NO2. The van der Waals surface area contributed by atoms with Gasteiger partial charge in [0.2, 0.25) is 0 Å². The van der Waals surface area contributed by atoms with Crippen molar-refractivity contribution in [3.63, 3.8) is 0 Å². The predicted octanol–water partition coefficient (Wildman–Crippen LogP) is 6.17. The maximum Gasteiger partial charge on any atom is 0.338 e. The Morgan fingerprint density at radius 2 is 1.57 bits per heavy atom. The molecule has 0 spiro atoms. The highest BCUT2D eigenvalue weighted by atomic mass is 16.5. The van der Waals surface area contributed by atoms with Crippen molar-refractivity contribution in [1.29, 1.82) is 0 Å². The number of anilines is 2. The molecule has 2 aliphatic rings. The van der Waals surface area contributed by atoms with Gasteiger partial charge in [-0.1, -0.05) is 12.8 Å². The normalized spacial score (nSPS) is 16.6. The number of hydrogen-bond acceptors (Lipinski definition) is 3. The molecule has 0 saturated heterocycles. The number of aryl methyl sites for hydroxylation is 2. The summed E-state index contributed by atoms with van der Waals surface area (Å²) in [6.45, 7) is 2.23.